The Hall–Kier alpha value is -2.20. The molecule has 0 heterocycles. The van der Waals surface area contributed by atoms with Gasteiger partial charge < -0.3 is 14.2 Å². The van der Waals surface area contributed by atoms with Crippen molar-refractivity contribution in [3.05, 3.63) is 58.6 Å². The highest BCUT2D eigenvalue weighted by molar-refractivity contribution is 6.30. The molecule has 0 radical (unpaired) electrons. The van der Waals surface area contributed by atoms with Crippen molar-refractivity contribution in [2.45, 2.75) is 46.5 Å². The van der Waals surface area contributed by atoms with E-state index in [0.29, 0.717) is 17.4 Å². The van der Waals surface area contributed by atoms with E-state index in [2.05, 4.69) is 0 Å². The van der Waals surface area contributed by atoms with Crippen LogP contribution in [0.1, 0.15) is 31.9 Å². The van der Waals surface area contributed by atoms with E-state index in [4.69, 9.17) is 25.8 Å². The number of ether oxygens (including phenoxy) is 3. The summed E-state index contributed by atoms with van der Waals surface area (Å²) >= 11 is 5.87. The monoisotopic (exact) mass is 362 g/mol. The van der Waals surface area contributed by atoms with Crippen LogP contribution in [0, 0.1) is 6.92 Å². The predicted octanol–water partition coefficient (Wildman–Crippen LogP) is 4.95. The number of halogens is 1. The third kappa shape index (κ3) is 5.98. The second-order valence-corrected chi connectivity index (χ2v) is 6.52. The molecule has 134 valence electrons. The van der Waals surface area contributed by atoms with Gasteiger partial charge in [0.05, 0.1) is 6.10 Å². The number of benzene rings is 2. The number of hydrogen-bond acceptors (Lipinski definition) is 4. The summed E-state index contributed by atoms with van der Waals surface area (Å²) in [6.07, 6.45) is -0.828. The van der Waals surface area contributed by atoms with Crippen LogP contribution < -0.4 is 9.47 Å². The summed E-state index contributed by atoms with van der Waals surface area (Å²) in [4.78, 5) is 11.8. The first-order chi connectivity index (χ1) is 11.8. The molecule has 0 N–H and O–H groups in total. The number of carbonyl (C=O) groups excluding carboxylic acids is 1. The molecule has 0 aliphatic rings. The molecule has 4 nitrogen and oxygen atoms in total. The standard InChI is InChI=1S/C20H23ClO4/c1-13(2)24-20(22)15(4)25-19-10-9-18(11-14(19)3)23-12-16-5-7-17(21)8-6-16/h5-11,13,15H,12H2,1-4H3. The molecular formula is C20H23ClO4. The van der Waals surface area contributed by atoms with Gasteiger partial charge in [-0.3, -0.25) is 0 Å². The summed E-state index contributed by atoms with van der Waals surface area (Å²) in [5.74, 6) is 0.988. The zero-order valence-corrected chi connectivity index (χ0v) is 15.7. The molecule has 1 unspecified atom stereocenters. The van der Waals surface area contributed by atoms with Crippen LogP contribution in [-0.4, -0.2) is 18.2 Å². The molecule has 0 spiro atoms. The maximum atomic E-state index is 11.8. The van der Waals surface area contributed by atoms with Gasteiger partial charge in [0, 0.05) is 5.02 Å². The van der Waals surface area contributed by atoms with E-state index in [9.17, 15) is 4.79 Å². The minimum Gasteiger partial charge on any atom is -0.489 e. The Kier molecular flexibility index (Phi) is 6.71. The van der Waals surface area contributed by atoms with Gasteiger partial charge in [-0.05, 0) is 69.2 Å². The molecule has 2 aromatic rings. The summed E-state index contributed by atoms with van der Waals surface area (Å²) in [7, 11) is 0. The third-order valence-electron chi connectivity index (χ3n) is 3.45. The zero-order chi connectivity index (χ0) is 18.4. The highest BCUT2D eigenvalue weighted by Crippen LogP contribution is 2.25. The molecule has 0 aliphatic carbocycles. The Bertz CT molecular complexity index is 710. The number of esters is 1. The van der Waals surface area contributed by atoms with Crippen molar-refractivity contribution in [1.29, 1.82) is 0 Å². The maximum Gasteiger partial charge on any atom is 0.347 e. The van der Waals surface area contributed by atoms with Gasteiger partial charge in [0.1, 0.15) is 18.1 Å². The molecule has 0 bridgehead atoms. The molecule has 0 aliphatic heterocycles. The lowest BCUT2D eigenvalue weighted by atomic mass is 10.2. The number of hydrogen-bond donors (Lipinski definition) is 0. The highest BCUT2D eigenvalue weighted by Gasteiger charge is 2.18. The smallest absolute Gasteiger partial charge is 0.347 e. The molecule has 0 fully saturated rings. The number of carbonyl (C=O) groups is 1. The van der Waals surface area contributed by atoms with Crippen molar-refractivity contribution in [3.8, 4) is 11.5 Å². The van der Waals surface area contributed by atoms with Crippen molar-refractivity contribution in [3.63, 3.8) is 0 Å². The SMILES string of the molecule is Cc1cc(OCc2ccc(Cl)cc2)ccc1OC(C)C(=O)OC(C)C. The summed E-state index contributed by atoms with van der Waals surface area (Å²) in [6, 6.07) is 13.0. The Morgan fingerprint density at radius 1 is 1.08 bits per heavy atom. The normalized spacial score (nSPS) is 11.9. The molecule has 0 aromatic heterocycles. The van der Waals surface area contributed by atoms with Crippen LogP contribution in [0.4, 0.5) is 0 Å². The van der Waals surface area contributed by atoms with Gasteiger partial charge in [-0.2, -0.15) is 0 Å². The van der Waals surface area contributed by atoms with E-state index in [-0.39, 0.29) is 12.1 Å². The molecular weight excluding hydrogens is 340 g/mol. The molecule has 25 heavy (non-hydrogen) atoms. The van der Waals surface area contributed by atoms with Gasteiger partial charge in [0.15, 0.2) is 6.10 Å². The molecule has 5 heteroatoms. The van der Waals surface area contributed by atoms with Crippen LogP contribution in [0.15, 0.2) is 42.5 Å². The summed E-state index contributed by atoms with van der Waals surface area (Å²) in [6.45, 7) is 7.65. The second-order valence-electron chi connectivity index (χ2n) is 6.09. The molecule has 2 aromatic carbocycles. The van der Waals surface area contributed by atoms with Crippen LogP contribution in [0.3, 0.4) is 0 Å². The van der Waals surface area contributed by atoms with E-state index in [0.717, 1.165) is 16.9 Å². The van der Waals surface area contributed by atoms with Gasteiger partial charge in [-0.15, -0.1) is 0 Å². The van der Waals surface area contributed by atoms with E-state index in [1.54, 1.807) is 13.0 Å². The van der Waals surface area contributed by atoms with Crippen LogP contribution in [0.2, 0.25) is 5.02 Å². The fourth-order valence-electron chi connectivity index (χ4n) is 2.16. The van der Waals surface area contributed by atoms with Crippen LogP contribution in [0.5, 0.6) is 11.5 Å². The summed E-state index contributed by atoms with van der Waals surface area (Å²) in [5.41, 5.74) is 1.92. The Morgan fingerprint density at radius 2 is 1.76 bits per heavy atom. The minimum atomic E-state index is -0.665. The van der Waals surface area contributed by atoms with E-state index >= 15 is 0 Å². The van der Waals surface area contributed by atoms with Crippen molar-refractivity contribution in [1.82, 2.24) is 0 Å². The highest BCUT2D eigenvalue weighted by atomic mass is 35.5. The lowest BCUT2D eigenvalue weighted by molar-refractivity contribution is -0.154. The number of aryl methyl sites for hydroxylation is 1. The van der Waals surface area contributed by atoms with Gasteiger partial charge in [0.2, 0.25) is 0 Å². The average Bonchev–Trinajstić information content (AvgIpc) is 2.56. The Morgan fingerprint density at radius 3 is 2.36 bits per heavy atom. The van der Waals surface area contributed by atoms with Gasteiger partial charge in [-0.25, -0.2) is 4.79 Å². The first kappa shape index (κ1) is 19.1. The molecule has 1 atom stereocenters. The first-order valence-corrected chi connectivity index (χ1v) is 8.58. The van der Waals surface area contributed by atoms with Gasteiger partial charge in [0.25, 0.3) is 0 Å². The fourth-order valence-corrected chi connectivity index (χ4v) is 2.28. The summed E-state index contributed by atoms with van der Waals surface area (Å²) < 4.78 is 16.6. The van der Waals surface area contributed by atoms with E-state index in [1.807, 2.05) is 57.2 Å². The Labute approximate surface area is 153 Å². The third-order valence-corrected chi connectivity index (χ3v) is 3.70. The van der Waals surface area contributed by atoms with E-state index in [1.165, 1.54) is 0 Å². The molecule has 0 amide bonds. The van der Waals surface area contributed by atoms with Crippen molar-refractivity contribution in [2.24, 2.45) is 0 Å². The molecule has 0 saturated carbocycles. The first-order valence-electron chi connectivity index (χ1n) is 8.20. The lowest BCUT2D eigenvalue weighted by Gasteiger charge is -2.17. The lowest BCUT2D eigenvalue weighted by Crippen LogP contribution is -2.28. The van der Waals surface area contributed by atoms with Crippen molar-refractivity contribution < 1.29 is 19.0 Å². The minimum absolute atomic E-state index is 0.164. The second kappa shape index (κ2) is 8.77. The van der Waals surface area contributed by atoms with Crippen LogP contribution in [-0.2, 0) is 16.1 Å². The Balaban J connectivity index is 1.95. The quantitative estimate of drug-likeness (QED) is 0.654. The van der Waals surface area contributed by atoms with Crippen LogP contribution in [0.25, 0.3) is 0 Å². The summed E-state index contributed by atoms with van der Waals surface area (Å²) in [5, 5.41) is 0.700. The van der Waals surface area contributed by atoms with Crippen molar-refractivity contribution in [2.75, 3.05) is 0 Å². The molecule has 2 rings (SSSR count). The molecule has 0 saturated heterocycles. The zero-order valence-electron chi connectivity index (χ0n) is 14.9. The van der Waals surface area contributed by atoms with Gasteiger partial charge in [-0.1, -0.05) is 23.7 Å². The largest absolute Gasteiger partial charge is 0.489 e. The predicted molar refractivity (Wildman–Crippen MR) is 98.3 cm³/mol. The average molecular weight is 363 g/mol. The topological polar surface area (TPSA) is 44.8 Å². The number of rotatable bonds is 7. The maximum absolute atomic E-state index is 11.8. The van der Waals surface area contributed by atoms with Crippen molar-refractivity contribution >= 4 is 17.6 Å². The van der Waals surface area contributed by atoms with E-state index < -0.39 is 6.10 Å². The van der Waals surface area contributed by atoms with Gasteiger partial charge >= 0.3 is 5.97 Å². The fraction of sp³-hybridized carbons (Fsp3) is 0.350. The van der Waals surface area contributed by atoms with Crippen LogP contribution >= 0.6 is 11.6 Å².